The number of halogens is 3. The van der Waals surface area contributed by atoms with Crippen molar-refractivity contribution in [3.8, 4) is 0 Å². The summed E-state index contributed by atoms with van der Waals surface area (Å²) in [6.45, 7) is 8.99. The molecule has 1 aromatic heterocycles. The summed E-state index contributed by atoms with van der Waals surface area (Å²) in [6, 6.07) is 1.84. The molecule has 0 bridgehead atoms. The number of rotatable bonds is 8. The maximum atomic E-state index is 6.06. The number of guanidine groups is 1. The standard InChI is InChI=1S/C15H26Cl2N4O.HI/c1-5-18-15(19-7-6-8-22-11(2)3)20-10-12-9-13(16)14(17)21(12)4;/h9,11H,5-8,10H2,1-4H3,(H2,18,19,20);1H. The number of nitrogens with one attached hydrogen (secondary N) is 2. The molecular formula is C15H27Cl2IN4O. The fourth-order valence-electron chi connectivity index (χ4n) is 1.84. The molecule has 0 radical (unpaired) electrons. The van der Waals surface area contributed by atoms with Crippen LogP contribution in [0.4, 0.5) is 0 Å². The summed E-state index contributed by atoms with van der Waals surface area (Å²) in [4.78, 5) is 4.55. The third-order valence-electron chi connectivity index (χ3n) is 3.02. The van der Waals surface area contributed by atoms with Crippen molar-refractivity contribution >= 4 is 53.1 Å². The zero-order valence-electron chi connectivity index (χ0n) is 14.2. The van der Waals surface area contributed by atoms with E-state index in [0.29, 0.717) is 16.7 Å². The molecule has 0 saturated carbocycles. The first kappa shape index (κ1) is 22.8. The Morgan fingerprint density at radius 1 is 1.35 bits per heavy atom. The maximum Gasteiger partial charge on any atom is 0.191 e. The molecule has 0 fully saturated rings. The van der Waals surface area contributed by atoms with E-state index in [2.05, 4.69) is 15.6 Å². The van der Waals surface area contributed by atoms with Gasteiger partial charge in [0.15, 0.2) is 5.96 Å². The highest BCUT2D eigenvalue weighted by atomic mass is 127. The highest BCUT2D eigenvalue weighted by Gasteiger charge is 2.08. The minimum absolute atomic E-state index is 0. The second-order valence-corrected chi connectivity index (χ2v) is 5.99. The van der Waals surface area contributed by atoms with Gasteiger partial charge in [0, 0.05) is 32.4 Å². The van der Waals surface area contributed by atoms with Gasteiger partial charge in [0.05, 0.1) is 17.7 Å². The van der Waals surface area contributed by atoms with E-state index < -0.39 is 0 Å². The van der Waals surface area contributed by atoms with Crippen molar-refractivity contribution in [3.05, 3.63) is 21.9 Å². The predicted molar refractivity (Wildman–Crippen MR) is 109 cm³/mol. The van der Waals surface area contributed by atoms with Crippen LogP contribution in [-0.4, -0.2) is 36.3 Å². The summed E-state index contributed by atoms with van der Waals surface area (Å²) in [5.74, 6) is 0.778. The molecule has 0 atom stereocenters. The predicted octanol–water partition coefficient (Wildman–Crippen LogP) is 3.82. The molecule has 134 valence electrons. The summed E-state index contributed by atoms with van der Waals surface area (Å²) < 4.78 is 7.35. The third-order valence-corrected chi connectivity index (χ3v) is 3.87. The summed E-state index contributed by atoms with van der Waals surface area (Å²) in [5, 5.41) is 7.60. The summed E-state index contributed by atoms with van der Waals surface area (Å²) in [5.41, 5.74) is 0.968. The number of aliphatic imine (C=N–C) groups is 1. The first-order valence-electron chi connectivity index (χ1n) is 7.59. The monoisotopic (exact) mass is 476 g/mol. The van der Waals surface area contributed by atoms with Crippen LogP contribution in [0.15, 0.2) is 11.1 Å². The molecule has 23 heavy (non-hydrogen) atoms. The fourth-order valence-corrected chi connectivity index (χ4v) is 2.26. The average molecular weight is 477 g/mol. The summed E-state index contributed by atoms with van der Waals surface area (Å²) >= 11 is 12.1. The fraction of sp³-hybridized carbons (Fsp3) is 0.667. The van der Waals surface area contributed by atoms with Gasteiger partial charge in [-0.1, -0.05) is 23.2 Å². The lowest BCUT2D eigenvalue weighted by Gasteiger charge is -2.12. The van der Waals surface area contributed by atoms with Crippen LogP contribution in [0.2, 0.25) is 10.2 Å². The lowest BCUT2D eigenvalue weighted by atomic mass is 10.4. The van der Waals surface area contributed by atoms with Gasteiger partial charge in [-0.3, -0.25) is 0 Å². The molecule has 8 heteroatoms. The SMILES string of the molecule is CCNC(=NCc1cc(Cl)c(Cl)n1C)NCCCOC(C)C.I. The summed E-state index contributed by atoms with van der Waals surface area (Å²) in [6.07, 6.45) is 1.21. The topological polar surface area (TPSA) is 50.6 Å². The largest absolute Gasteiger partial charge is 0.379 e. The van der Waals surface area contributed by atoms with Crippen LogP contribution in [0.3, 0.4) is 0 Å². The van der Waals surface area contributed by atoms with Crippen LogP contribution < -0.4 is 10.6 Å². The first-order chi connectivity index (χ1) is 10.5. The average Bonchev–Trinajstić information content (AvgIpc) is 2.71. The van der Waals surface area contributed by atoms with Crippen molar-refractivity contribution in [2.24, 2.45) is 12.0 Å². The lowest BCUT2D eigenvalue weighted by Crippen LogP contribution is -2.38. The Morgan fingerprint density at radius 2 is 2.04 bits per heavy atom. The normalized spacial score (nSPS) is 11.5. The molecular weight excluding hydrogens is 450 g/mol. The first-order valence-corrected chi connectivity index (χ1v) is 8.34. The van der Waals surface area contributed by atoms with Gasteiger partial charge in [0.2, 0.25) is 0 Å². The van der Waals surface area contributed by atoms with Crippen LogP contribution >= 0.6 is 47.2 Å². The van der Waals surface area contributed by atoms with E-state index in [4.69, 9.17) is 27.9 Å². The van der Waals surface area contributed by atoms with Crippen LogP contribution in [0.25, 0.3) is 0 Å². The molecule has 0 aromatic carbocycles. The number of nitrogens with zero attached hydrogens (tertiary/aromatic N) is 2. The van der Waals surface area contributed by atoms with Gasteiger partial charge in [0.25, 0.3) is 0 Å². The quantitative estimate of drug-likeness (QED) is 0.259. The molecule has 0 spiro atoms. The molecule has 0 aliphatic rings. The molecule has 5 nitrogen and oxygen atoms in total. The zero-order chi connectivity index (χ0) is 16.5. The Morgan fingerprint density at radius 3 is 2.57 bits per heavy atom. The van der Waals surface area contributed by atoms with Crippen LogP contribution in [-0.2, 0) is 18.3 Å². The second-order valence-electron chi connectivity index (χ2n) is 5.23. The van der Waals surface area contributed by atoms with E-state index in [1.165, 1.54) is 0 Å². The van der Waals surface area contributed by atoms with Crippen LogP contribution in [0.5, 0.6) is 0 Å². The summed E-state index contributed by atoms with van der Waals surface area (Å²) in [7, 11) is 1.88. The second kappa shape index (κ2) is 12.2. The van der Waals surface area contributed by atoms with E-state index in [0.717, 1.165) is 37.8 Å². The number of aromatic nitrogens is 1. The van der Waals surface area contributed by atoms with E-state index in [-0.39, 0.29) is 30.1 Å². The van der Waals surface area contributed by atoms with Gasteiger partial charge in [-0.2, -0.15) is 0 Å². The molecule has 1 heterocycles. The van der Waals surface area contributed by atoms with E-state index in [1.54, 1.807) is 0 Å². The van der Waals surface area contributed by atoms with Crippen molar-refractivity contribution in [1.29, 1.82) is 0 Å². The van der Waals surface area contributed by atoms with Crippen molar-refractivity contribution in [1.82, 2.24) is 15.2 Å². The lowest BCUT2D eigenvalue weighted by molar-refractivity contribution is 0.0776. The molecule has 0 amide bonds. The smallest absolute Gasteiger partial charge is 0.191 e. The minimum atomic E-state index is 0. The van der Waals surface area contributed by atoms with Crippen molar-refractivity contribution < 1.29 is 4.74 Å². The number of ether oxygens (including phenoxy) is 1. The number of hydrogen-bond donors (Lipinski definition) is 2. The van der Waals surface area contributed by atoms with Crippen LogP contribution in [0, 0.1) is 0 Å². The van der Waals surface area contributed by atoms with Gasteiger partial charge in [0.1, 0.15) is 5.15 Å². The molecule has 2 N–H and O–H groups in total. The Labute approximate surface area is 166 Å². The molecule has 1 aromatic rings. The van der Waals surface area contributed by atoms with E-state index in [9.17, 15) is 0 Å². The molecule has 0 aliphatic carbocycles. The zero-order valence-corrected chi connectivity index (χ0v) is 18.0. The highest BCUT2D eigenvalue weighted by molar-refractivity contribution is 14.0. The molecule has 0 aliphatic heterocycles. The van der Waals surface area contributed by atoms with E-state index >= 15 is 0 Å². The molecule has 0 unspecified atom stereocenters. The molecule has 1 rings (SSSR count). The highest BCUT2D eigenvalue weighted by Crippen LogP contribution is 2.25. The van der Waals surface area contributed by atoms with Gasteiger partial charge in [-0.25, -0.2) is 4.99 Å². The maximum absolute atomic E-state index is 6.06. The van der Waals surface area contributed by atoms with Crippen molar-refractivity contribution in [3.63, 3.8) is 0 Å². The molecule has 0 saturated heterocycles. The Bertz CT molecular complexity index is 492. The van der Waals surface area contributed by atoms with Crippen LogP contribution in [0.1, 0.15) is 32.9 Å². The third kappa shape index (κ3) is 8.47. The number of hydrogen-bond acceptors (Lipinski definition) is 2. The van der Waals surface area contributed by atoms with Crippen molar-refractivity contribution in [2.75, 3.05) is 19.7 Å². The Kier molecular flexibility index (Phi) is 12.1. The van der Waals surface area contributed by atoms with Gasteiger partial charge in [-0.15, -0.1) is 24.0 Å². The van der Waals surface area contributed by atoms with Gasteiger partial charge in [-0.05, 0) is 33.3 Å². The van der Waals surface area contributed by atoms with Crippen molar-refractivity contribution in [2.45, 2.75) is 39.8 Å². The Hall–Kier alpha value is -0.180. The van der Waals surface area contributed by atoms with Gasteiger partial charge >= 0.3 is 0 Å². The van der Waals surface area contributed by atoms with Gasteiger partial charge < -0.3 is 19.9 Å². The van der Waals surface area contributed by atoms with E-state index in [1.807, 2.05) is 38.5 Å². The Balaban J connectivity index is 0.00000484. The minimum Gasteiger partial charge on any atom is -0.379 e.